The monoisotopic (exact) mass is 498 g/mol. The fraction of sp³-hybridized carbons (Fsp3) is 0.0952. The highest BCUT2D eigenvalue weighted by atomic mass is 35.5. The lowest BCUT2D eigenvalue weighted by molar-refractivity contribution is -0.113. The van der Waals surface area contributed by atoms with Gasteiger partial charge in [-0.15, -0.1) is 21.5 Å². The van der Waals surface area contributed by atoms with Crippen LogP contribution in [-0.4, -0.2) is 35.6 Å². The van der Waals surface area contributed by atoms with E-state index in [4.69, 9.17) is 11.6 Å². The van der Waals surface area contributed by atoms with Crippen LogP contribution in [0.3, 0.4) is 0 Å². The van der Waals surface area contributed by atoms with Gasteiger partial charge in [0.15, 0.2) is 5.16 Å². The Hall–Kier alpha value is -2.79. The zero-order chi connectivity index (χ0) is 22.1. The zero-order valence-corrected chi connectivity index (χ0v) is 19.9. The van der Waals surface area contributed by atoms with Crippen molar-refractivity contribution in [3.8, 4) is 21.8 Å². The fourth-order valence-electron chi connectivity index (χ4n) is 3.10. The molecule has 0 saturated carbocycles. The van der Waals surface area contributed by atoms with Crippen molar-refractivity contribution in [2.45, 2.75) is 12.1 Å². The Balaban J connectivity index is 1.28. The van der Waals surface area contributed by atoms with Crippen molar-refractivity contribution in [3.63, 3.8) is 0 Å². The van der Waals surface area contributed by atoms with Crippen LogP contribution in [0.15, 0.2) is 59.1 Å². The molecule has 0 aliphatic heterocycles. The molecular weight excluding hydrogens is 484 g/mol. The van der Waals surface area contributed by atoms with E-state index < -0.39 is 0 Å². The zero-order valence-electron chi connectivity index (χ0n) is 16.7. The number of aryl methyl sites for hydroxylation is 1. The van der Waals surface area contributed by atoms with E-state index in [-0.39, 0.29) is 11.7 Å². The average molecular weight is 499 g/mol. The minimum Gasteiger partial charge on any atom is -0.293 e. The summed E-state index contributed by atoms with van der Waals surface area (Å²) in [7, 11) is 0. The topological polar surface area (TPSA) is 85.1 Å². The van der Waals surface area contributed by atoms with Gasteiger partial charge in [0.25, 0.3) is 0 Å². The Kier molecular flexibility index (Phi) is 5.92. The van der Waals surface area contributed by atoms with Crippen molar-refractivity contribution >= 4 is 63.0 Å². The average Bonchev–Trinajstić information content (AvgIpc) is 3.51. The van der Waals surface area contributed by atoms with E-state index in [0.717, 1.165) is 32.4 Å². The van der Waals surface area contributed by atoms with Crippen LogP contribution in [0.5, 0.6) is 0 Å². The number of rotatable bonds is 6. The maximum Gasteiger partial charge on any atom is 0.241 e. The van der Waals surface area contributed by atoms with Crippen LogP contribution in [0.2, 0.25) is 5.02 Å². The van der Waals surface area contributed by atoms with Crippen LogP contribution in [0.4, 0.5) is 5.95 Å². The normalized spacial score (nSPS) is 11.2. The summed E-state index contributed by atoms with van der Waals surface area (Å²) in [4.78, 5) is 17.7. The molecule has 0 aliphatic rings. The molecule has 0 saturated heterocycles. The number of anilines is 1. The van der Waals surface area contributed by atoms with Crippen LogP contribution in [0.1, 0.15) is 5.56 Å². The Morgan fingerprint density at radius 1 is 1.16 bits per heavy atom. The molecule has 7 nitrogen and oxygen atoms in total. The number of carbonyl (C=O) groups excluding carboxylic acids is 1. The summed E-state index contributed by atoms with van der Waals surface area (Å²) in [5.74, 6) is 0.266. The number of hydrogen-bond donors (Lipinski definition) is 1. The molecule has 1 N–H and O–H groups in total. The number of nitrogens with zero attached hydrogens (tertiary/aromatic N) is 5. The molecule has 0 fully saturated rings. The number of nitrogens with one attached hydrogen (secondary N) is 1. The molecule has 5 rings (SSSR count). The second-order valence-electron chi connectivity index (χ2n) is 6.80. The lowest BCUT2D eigenvalue weighted by atomic mass is 10.1. The van der Waals surface area contributed by atoms with Crippen molar-refractivity contribution < 1.29 is 4.79 Å². The molecule has 5 aromatic rings. The minimum absolute atomic E-state index is 0.162. The predicted octanol–water partition coefficient (Wildman–Crippen LogP) is 5.67. The van der Waals surface area contributed by atoms with Gasteiger partial charge < -0.3 is 0 Å². The molecule has 0 spiro atoms. The molecule has 11 heteroatoms. The van der Waals surface area contributed by atoms with Crippen molar-refractivity contribution in [2.24, 2.45) is 0 Å². The largest absolute Gasteiger partial charge is 0.293 e. The minimum atomic E-state index is -0.204. The van der Waals surface area contributed by atoms with Gasteiger partial charge in [0.2, 0.25) is 16.8 Å². The summed E-state index contributed by atoms with van der Waals surface area (Å²) in [6.45, 7) is 2.02. The fourth-order valence-corrected chi connectivity index (χ4v) is 5.58. The molecular formula is C21H15ClN6OS3. The Morgan fingerprint density at radius 2 is 1.97 bits per heavy atom. The molecule has 0 unspecified atom stereocenters. The number of carbonyl (C=O) groups is 1. The summed E-state index contributed by atoms with van der Waals surface area (Å²) in [5.41, 5.74) is 4.08. The first-order valence-corrected chi connectivity index (χ1v) is 12.5. The molecule has 3 heterocycles. The van der Waals surface area contributed by atoms with E-state index >= 15 is 0 Å². The Bertz CT molecular complexity index is 1410. The second kappa shape index (κ2) is 8.99. The van der Waals surface area contributed by atoms with E-state index in [1.165, 1.54) is 34.6 Å². The molecule has 0 atom stereocenters. The number of benzene rings is 2. The molecule has 3 aromatic heterocycles. The van der Waals surface area contributed by atoms with Crippen molar-refractivity contribution in [1.29, 1.82) is 0 Å². The maximum atomic E-state index is 12.5. The highest BCUT2D eigenvalue weighted by Gasteiger charge is 2.16. The number of amides is 1. The van der Waals surface area contributed by atoms with Crippen molar-refractivity contribution in [3.05, 3.63) is 64.5 Å². The summed E-state index contributed by atoms with van der Waals surface area (Å²) in [5, 5.41) is 15.3. The van der Waals surface area contributed by atoms with Gasteiger partial charge in [0.1, 0.15) is 5.01 Å². The Morgan fingerprint density at radius 3 is 2.78 bits per heavy atom. The standard InChI is InChI=1S/C21H15ClN6OS3/c1-12-4-2-3-5-15(12)18-24-19(27-32-18)23-17(29)11-31-21-26-25-20-28(21)16(10-30-20)13-6-8-14(22)9-7-13/h2-10H,11H2,1H3,(H,23,27,29). The van der Waals surface area contributed by atoms with Gasteiger partial charge in [-0.2, -0.15) is 9.36 Å². The third kappa shape index (κ3) is 4.26. The van der Waals surface area contributed by atoms with E-state index in [0.29, 0.717) is 16.1 Å². The van der Waals surface area contributed by atoms with E-state index in [2.05, 4.69) is 24.9 Å². The first-order valence-electron chi connectivity index (χ1n) is 9.49. The predicted molar refractivity (Wildman–Crippen MR) is 131 cm³/mol. The van der Waals surface area contributed by atoms with Crippen LogP contribution in [0.25, 0.3) is 26.8 Å². The summed E-state index contributed by atoms with van der Waals surface area (Å²) < 4.78 is 6.22. The first kappa shape index (κ1) is 21.1. The number of hydrogen-bond acceptors (Lipinski definition) is 8. The van der Waals surface area contributed by atoms with Gasteiger partial charge in [-0.05, 0) is 41.7 Å². The summed E-state index contributed by atoms with van der Waals surface area (Å²) in [6, 6.07) is 15.5. The number of thiazole rings is 1. The van der Waals surface area contributed by atoms with Gasteiger partial charge in [0.05, 0.1) is 11.4 Å². The van der Waals surface area contributed by atoms with Crippen LogP contribution < -0.4 is 5.32 Å². The van der Waals surface area contributed by atoms with Gasteiger partial charge in [-0.25, -0.2) is 0 Å². The van der Waals surface area contributed by atoms with Crippen LogP contribution in [-0.2, 0) is 4.79 Å². The highest BCUT2D eigenvalue weighted by molar-refractivity contribution is 7.99. The van der Waals surface area contributed by atoms with E-state index in [1.54, 1.807) is 0 Å². The lowest BCUT2D eigenvalue weighted by Gasteiger charge is -2.03. The Labute approximate surface area is 200 Å². The van der Waals surface area contributed by atoms with Gasteiger partial charge in [-0.3, -0.25) is 14.5 Å². The molecule has 1 amide bonds. The van der Waals surface area contributed by atoms with E-state index in [1.807, 2.05) is 65.2 Å². The van der Waals surface area contributed by atoms with Crippen LogP contribution in [0, 0.1) is 6.92 Å². The third-order valence-electron chi connectivity index (χ3n) is 4.65. The molecule has 0 radical (unpaired) electrons. The van der Waals surface area contributed by atoms with Gasteiger partial charge in [0, 0.05) is 16.0 Å². The molecule has 32 heavy (non-hydrogen) atoms. The third-order valence-corrected chi connectivity index (χ3v) is 7.39. The molecule has 0 aliphatic carbocycles. The second-order valence-corrected chi connectivity index (χ2v) is 9.77. The quantitative estimate of drug-likeness (QED) is 0.304. The van der Waals surface area contributed by atoms with Crippen molar-refractivity contribution in [1.82, 2.24) is 24.0 Å². The van der Waals surface area contributed by atoms with Crippen molar-refractivity contribution in [2.75, 3.05) is 11.1 Å². The maximum absolute atomic E-state index is 12.5. The highest BCUT2D eigenvalue weighted by Crippen LogP contribution is 2.31. The molecule has 160 valence electrons. The number of thioether (sulfide) groups is 1. The van der Waals surface area contributed by atoms with Gasteiger partial charge in [-0.1, -0.05) is 59.8 Å². The van der Waals surface area contributed by atoms with Crippen LogP contribution >= 0.6 is 46.2 Å². The number of halogens is 1. The number of aromatic nitrogens is 5. The molecule has 2 aromatic carbocycles. The summed E-state index contributed by atoms with van der Waals surface area (Å²) in [6.07, 6.45) is 0. The molecule has 0 bridgehead atoms. The SMILES string of the molecule is Cc1ccccc1-c1nc(NC(=O)CSc2nnc3scc(-c4ccc(Cl)cc4)n23)ns1. The summed E-state index contributed by atoms with van der Waals surface area (Å²) >= 11 is 10.1. The first-order chi connectivity index (χ1) is 15.6. The van der Waals surface area contributed by atoms with E-state index in [9.17, 15) is 4.79 Å². The van der Waals surface area contributed by atoms with Gasteiger partial charge >= 0.3 is 0 Å². The lowest BCUT2D eigenvalue weighted by Crippen LogP contribution is -2.15. The number of fused-ring (bicyclic) bond motifs is 1. The smallest absolute Gasteiger partial charge is 0.241 e.